The molecule has 0 N–H and O–H groups in total. The first-order valence-electron chi connectivity index (χ1n) is 5.37. The smallest absolute Gasteiger partial charge is 0.0418 e. The molecule has 0 saturated carbocycles. The SMILES string of the molecule is CCCCC(C)(Cl)CCCCCCl. The van der Waals surface area contributed by atoms with Crippen LogP contribution in [-0.2, 0) is 0 Å². The van der Waals surface area contributed by atoms with Crippen molar-refractivity contribution in [2.45, 2.75) is 63.7 Å². The lowest BCUT2D eigenvalue weighted by molar-refractivity contribution is 0.481. The molecule has 0 radical (unpaired) electrons. The molecule has 0 aliphatic heterocycles. The van der Waals surface area contributed by atoms with Crippen molar-refractivity contribution in [1.82, 2.24) is 0 Å². The van der Waals surface area contributed by atoms with Gasteiger partial charge >= 0.3 is 0 Å². The van der Waals surface area contributed by atoms with Gasteiger partial charge in [-0.1, -0.05) is 32.6 Å². The molecule has 0 nitrogen and oxygen atoms in total. The van der Waals surface area contributed by atoms with Crippen molar-refractivity contribution in [2.24, 2.45) is 0 Å². The molecule has 0 amide bonds. The minimum atomic E-state index is 0.0301. The zero-order valence-corrected chi connectivity index (χ0v) is 10.4. The van der Waals surface area contributed by atoms with Gasteiger partial charge in [-0.2, -0.15) is 0 Å². The number of hydrogen-bond acceptors (Lipinski definition) is 0. The molecule has 1 unspecified atom stereocenters. The van der Waals surface area contributed by atoms with Gasteiger partial charge in [-0.3, -0.25) is 0 Å². The van der Waals surface area contributed by atoms with E-state index < -0.39 is 0 Å². The number of unbranched alkanes of at least 4 members (excludes halogenated alkanes) is 3. The van der Waals surface area contributed by atoms with Crippen LogP contribution in [0.5, 0.6) is 0 Å². The van der Waals surface area contributed by atoms with Crippen LogP contribution in [0.25, 0.3) is 0 Å². The molecular formula is C11H22Cl2. The van der Waals surface area contributed by atoms with Crippen LogP contribution in [0, 0.1) is 0 Å². The second-order valence-corrected chi connectivity index (χ2v) is 5.31. The molecule has 0 rings (SSSR count). The first-order valence-corrected chi connectivity index (χ1v) is 6.28. The van der Waals surface area contributed by atoms with Crippen LogP contribution in [-0.4, -0.2) is 10.8 Å². The molecule has 0 saturated heterocycles. The van der Waals surface area contributed by atoms with E-state index >= 15 is 0 Å². The van der Waals surface area contributed by atoms with Gasteiger partial charge < -0.3 is 0 Å². The average molecular weight is 225 g/mol. The lowest BCUT2D eigenvalue weighted by atomic mass is 9.96. The Morgan fingerprint density at radius 3 is 2.15 bits per heavy atom. The zero-order valence-electron chi connectivity index (χ0n) is 8.91. The Morgan fingerprint density at radius 1 is 1.00 bits per heavy atom. The van der Waals surface area contributed by atoms with Crippen LogP contribution in [0.1, 0.15) is 58.8 Å². The fourth-order valence-corrected chi connectivity index (χ4v) is 1.89. The van der Waals surface area contributed by atoms with Gasteiger partial charge in [0.2, 0.25) is 0 Å². The van der Waals surface area contributed by atoms with Gasteiger partial charge in [0.1, 0.15) is 0 Å². The van der Waals surface area contributed by atoms with E-state index in [1.807, 2.05) is 0 Å². The van der Waals surface area contributed by atoms with Crippen molar-refractivity contribution in [1.29, 1.82) is 0 Å². The molecule has 0 aromatic rings. The normalized spacial score (nSPS) is 15.7. The molecule has 0 bridgehead atoms. The molecule has 80 valence electrons. The summed E-state index contributed by atoms with van der Waals surface area (Å²) in [6, 6.07) is 0. The standard InChI is InChI=1S/C11H22Cl2/c1-3-4-8-11(2,13)9-6-5-7-10-12/h3-10H2,1-2H3. The highest BCUT2D eigenvalue weighted by atomic mass is 35.5. The molecule has 0 spiro atoms. The lowest BCUT2D eigenvalue weighted by Gasteiger charge is -2.21. The summed E-state index contributed by atoms with van der Waals surface area (Å²) < 4.78 is 0. The van der Waals surface area contributed by atoms with Crippen LogP contribution >= 0.6 is 23.2 Å². The summed E-state index contributed by atoms with van der Waals surface area (Å²) in [5, 5.41) is 0. The summed E-state index contributed by atoms with van der Waals surface area (Å²) in [6.45, 7) is 4.37. The van der Waals surface area contributed by atoms with Crippen LogP contribution in [0.2, 0.25) is 0 Å². The summed E-state index contributed by atoms with van der Waals surface area (Å²) in [4.78, 5) is 0.0301. The van der Waals surface area contributed by atoms with Crippen molar-refractivity contribution in [3.05, 3.63) is 0 Å². The predicted molar refractivity (Wildman–Crippen MR) is 63.0 cm³/mol. The summed E-state index contributed by atoms with van der Waals surface area (Å²) >= 11 is 12.0. The Morgan fingerprint density at radius 2 is 1.62 bits per heavy atom. The minimum absolute atomic E-state index is 0.0301. The number of rotatable bonds is 8. The van der Waals surface area contributed by atoms with Gasteiger partial charge in [0.15, 0.2) is 0 Å². The zero-order chi connectivity index (χ0) is 10.2. The van der Waals surface area contributed by atoms with Crippen molar-refractivity contribution < 1.29 is 0 Å². The molecule has 0 fully saturated rings. The summed E-state index contributed by atoms with van der Waals surface area (Å²) in [7, 11) is 0. The van der Waals surface area contributed by atoms with E-state index in [0.717, 1.165) is 25.1 Å². The first-order chi connectivity index (χ1) is 6.12. The Hall–Kier alpha value is 0.580. The van der Waals surface area contributed by atoms with Crippen molar-refractivity contribution in [3.63, 3.8) is 0 Å². The highest BCUT2D eigenvalue weighted by Crippen LogP contribution is 2.28. The summed E-state index contributed by atoms with van der Waals surface area (Å²) in [6.07, 6.45) is 8.33. The third-order valence-electron chi connectivity index (χ3n) is 2.38. The molecule has 0 aromatic heterocycles. The molecule has 1 atom stereocenters. The summed E-state index contributed by atoms with van der Waals surface area (Å²) in [5.74, 6) is 0.786. The molecule has 0 aliphatic rings. The van der Waals surface area contributed by atoms with Crippen LogP contribution < -0.4 is 0 Å². The highest BCUT2D eigenvalue weighted by molar-refractivity contribution is 6.23. The molecule has 0 heterocycles. The van der Waals surface area contributed by atoms with Crippen LogP contribution in [0.4, 0.5) is 0 Å². The monoisotopic (exact) mass is 224 g/mol. The Kier molecular flexibility index (Phi) is 8.29. The van der Waals surface area contributed by atoms with E-state index in [2.05, 4.69) is 13.8 Å². The fourth-order valence-electron chi connectivity index (χ4n) is 1.44. The van der Waals surface area contributed by atoms with Gasteiger partial charge in [0, 0.05) is 10.8 Å². The van der Waals surface area contributed by atoms with Crippen molar-refractivity contribution >= 4 is 23.2 Å². The Balaban J connectivity index is 3.39. The van der Waals surface area contributed by atoms with E-state index in [1.54, 1.807) is 0 Å². The number of alkyl halides is 2. The Labute approximate surface area is 93.0 Å². The van der Waals surface area contributed by atoms with Crippen LogP contribution in [0.3, 0.4) is 0 Å². The van der Waals surface area contributed by atoms with E-state index in [1.165, 1.54) is 25.7 Å². The third kappa shape index (κ3) is 8.90. The number of halogens is 2. The van der Waals surface area contributed by atoms with E-state index in [0.29, 0.717) is 0 Å². The third-order valence-corrected chi connectivity index (χ3v) is 3.03. The van der Waals surface area contributed by atoms with Gasteiger partial charge in [0.05, 0.1) is 0 Å². The van der Waals surface area contributed by atoms with Gasteiger partial charge in [-0.15, -0.1) is 23.2 Å². The molecule has 0 aliphatic carbocycles. The molecular weight excluding hydrogens is 203 g/mol. The first kappa shape index (κ1) is 13.6. The molecule has 2 heteroatoms. The fraction of sp³-hybridized carbons (Fsp3) is 1.00. The van der Waals surface area contributed by atoms with E-state index in [9.17, 15) is 0 Å². The maximum Gasteiger partial charge on any atom is 0.0418 e. The van der Waals surface area contributed by atoms with Gasteiger partial charge in [0.25, 0.3) is 0 Å². The quantitative estimate of drug-likeness (QED) is 0.404. The maximum absolute atomic E-state index is 6.36. The topological polar surface area (TPSA) is 0 Å². The van der Waals surface area contributed by atoms with Crippen molar-refractivity contribution in [2.75, 3.05) is 5.88 Å². The Bertz CT molecular complexity index is 111. The van der Waals surface area contributed by atoms with Gasteiger partial charge in [-0.05, 0) is 26.2 Å². The van der Waals surface area contributed by atoms with E-state index in [4.69, 9.17) is 23.2 Å². The van der Waals surface area contributed by atoms with Gasteiger partial charge in [-0.25, -0.2) is 0 Å². The van der Waals surface area contributed by atoms with Crippen LogP contribution in [0.15, 0.2) is 0 Å². The average Bonchev–Trinajstić information content (AvgIpc) is 2.09. The maximum atomic E-state index is 6.36. The predicted octanol–water partition coefficient (Wildman–Crippen LogP) is 4.97. The van der Waals surface area contributed by atoms with E-state index in [-0.39, 0.29) is 4.87 Å². The lowest BCUT2D eigenvalue weighted by Crippen LogP contribution is -2.15. The number of hydrogen-bond donors (Lipinski definition) is 0. The largest absolute Gasteiger partial charge is 0.127 e. The summed E-state index contributed by atoms with van der Waals surface area (Å²) in [5.41, 5.74) is 0. The molecule has 13 heavy (non-hydrogen) atoms. The molecule has 0 aromatic carbocycles. The minimum Gasteiger partial charge on any atom is -0.127 e. The highest BCUT2D eigenvalue weighted by Gasteiger charge is 2.18. The second-order valence-electron chi connectivity index (χ2n) is 4.02. The second kappa shape index (κ2) is 7.94. The van der Waals surface area contributed by atoms with Crippen molar-refractivity contribution in [3.8, 4) is 0 Å².